The van der Waals surface area contributed by atoms with Crippen molar-refractivity contribution in [1.29, 1.82) is 0 Å². The zero-order valence-electron chi connectivity index (χ0n) is 10.6. The topological polar surface area (TPSA) is 58.6 Å². The fraction of sp³-hybridized carbons (Fsp3) is 0.500. The molecule has 1 heterocycles. The molecule has 1 aromatic carbocycles. The number of aliphatic hydroxyl groups excluding tert-OH is 1. The Bertz CT molecular complexity index is 415. The van der Waals surface area contributed by atoms with Crippen molar-refractivity contribution in [2.24, 2.45) is 5.92 Å². The van der Waals surface area contributed by atoms with Crippen LogP contribution in [0, 0.1) is 11.7 Å². The number of carbonyl (C=O) groups is 1. The maximum absolute atomic E-state index is 12.7. The van der Waals surface area contributed by atoms with Crippen molar-refractivity contribution in [2.75, 3.05) is 19.8 Å². The van der Waals surface area contributed by atoms with Gasteiger partial charge in [0, 0.05) is 25.7 Å². The van der Waals surface area contributed by atoms with Gasteiger partial charge in [-0.25, -0.2) is 4.39 Å². The van der Waals surface area contributed by atoms with Crippen molar-refractivity contribution in [2.45, 2.75) is 18.9 Å². The molecular formula is C14H18FNO3. The summed E-state index contributed by atoms with van der Waals surface area (Å²) in [7, 11) is 0. The number of ether oxygens (including phenoxy) is 1. The Hall–Kier alpha value is -1.46. The van der Waals surface area contributed by atoms with E-state index in [4.69, 9.17) is 4.74 Å². The Balaban J connectivity index is 1.80. The molecule has 0 bridgehead atoms. The minimum absolute atomic E-state index is 0.0332. The average molecular weight is 267 g/mol. The second kappa shape index (κ2) is 6.63. The third-order valence-electron chi connectivity index (χ3n) is 3.32. The summed E-state index contributed by atoms with van der Waals surface area (Å²) in [5, 5.41) is 12.6. The SMILES string of the molecule is O=C(NCC(O)c1ccc(F)cc1)C1CCOCC1. The van der Waals surface area contributed by atoms with E-state index in [0.29, 0.717) is 18.8 Å². The number of hydrogen-bond acceptors (Lipinski definition) is 3. The van der Waals surface area contributed by atoms with Gasteiger partial charge in [0.05, 0.1) is 6.10 Å². The first-order chi connectivity index (χ1) is 9.16. The van der Waals surface area contributed by atoms with Crippen LogP contribution in [0.4, 0.5) is 4.39 Å². The minimum atomic E-state index is -0.815. The maximum atomic E-state index is 12.7. The summed E-state index contributed by atoms with van der Waals surface area (Å²) in [6.45, 7) is 1.36. The second-order valence-corrected chi connectivity index (χ2v) is 4.70. The Morgan fingerprint density at radius 1 is 1.37 bits per heavy atom. The number of benzene rings is 1. The molecule has 0 saturated carbocycles. The number of halogens is 1. The van der Waals surface area contributed by atoms with Gasteiger partial charge in [0.15, 0.2) is 0 Å². The molecule has 1 aliphatic rings. The first-order valence-electron chi connectivity index (χ1n) is 6.46. The van der Waals surface area contributed by atoms with E-state index in [1.54, 1.807) is 0 Å². The van der Waals surface area contributed by atoms with Gasteiger partial charge in [0.1, 0.15) is 5.82 Å². The highest BCUT2D eigenvalue weighted by Crippen LogP contribution is 2.16. The average Bonchev–Trinajstić information content (AvgIpc) is 2.46. The van der Waals surface area contributed by atoms with E-state index >= 15 is 0 Å². The molecule has 2 N–H and O–H groups in total. The number of amides is 1. The molecule has 2 rings (SSSR count). The van der Waals surface area contributed by atoms with Crippen LogP contribution in [0.15, 0.2) is 24.3 Å². The van der Waals surface area contributed by atoms with Crippen molar-refractivity contribution in [1.82, 2.24) is 5.32 Å². The minimum Gasteiger partial charge on any atom is -0.387 e. The van der Waals surface area contributed by atoms with E-state index in [2.05, 4.69) is 5.32 Å². The van der Waals surface area contributed by atoms with Gasteiger partial charge in [-0.15, -0.1) is 0 Å². The monoisotopic (exact) mass is 267 g/mol. The van der Waals surface area contributed by atoms with Crippen LogP contribution < -0.4 is 5.32 Å². The number of hydrogen-bond donors (Lipinski definition) is 2. The molecule has 0 aromatic heterocycles. The number of nitrogens with one attached hydrogen (secondary N) is 1. The van der Waals surface area contributed by atoms with Gasteiger partial charge in [-0.3, -0.25) is 4.79 Å². The summed E-state index contributed by atoms with van der Waals surface area (Å²) in [5.41, 5.74) is 0.591. The molecule has 5 heteroatoms. The van der Waals surface area contributed by atoms with E-state index in [1.807, 2.05) is 0 Å². The molecule has 1 amide bonds. The third kappa shape index (κ3) is 4.01. The summed E-state index contributed by atoms with van der Waals surface area (Å²) in [4.78, 5) is 11.9. The lowest BCUT2D eigenvalue weighted by molar-refractivity contribution is -0.128. The maximum Gasteiger partial charge on any atom is 0.223 e. The van der Waals surface area contributed by atoms with Crippen LogP contribution in [0.3, 0.4) is 0 Å². The van der Waals surface area contributed by atoms with E-state index in [0.717, 1.165) is 12.8 Å². The summed E-state index contributed by atoms with van der Waals surface area (Å²) in [6.07, 6.45) is 0.626. The standard InChI is InChI=1S/C14H18FNO3/c15-12-3-1-10(2-4-12)13(17)9-16-14(18)11-5-7-19-8-6-11/h1-4,11,13,17H,5-9H2,(H,16,18). The molecule has 0 radical (unpaired) electrons. The largest absolute Gasteiger partial charge is 0.387 e. The summed E-state index contributed by atoms with van der Waals surface area (Å²) in [5.74, 6) is -0.430. The van der Waals surface area contributed by atoms with Gasteiger partial charge in [0.2, 0.25) is 5.91 Å². The molecule has 19 heavy (non-hydrogen) atoms. The normalized spacial score (nSPS) is 18.0. The van der Waals surface area contributed by atoms with Gasteiger partial charge in [-0.05, 0) is 30.5 Å². The highest BCUT2D eigenvalue weighted by molar-refractivity contribution is 5.78. The molecule has 1 fully saturated rings. The lowest BCUT2D eigenvalue weighted by Gasteiger charge is -2.22. The molecule has 0 aliphatic carbocycles. The number of aliphatic hydroxyl groups is 1. The Morgan fingerprint density at radius 2 is 2.00 bits per heavy atom. The molecule has 1 aliphatic heterocycles. The van der Waals surface area contributed by atoms with Crippen LogP contribution in [-0.2, 0) is 9.53 Å². The quantitative estimate of drug-likeness (QED) is 0.867. The van der Waals surface area contributed by atoms with Gasteiger partial charge in [-0.1, -0.05) is 12.1 Å². The van der Waals surface area contributed by atoms with Gasteiger partial charge < -0.3 is 15.2 Å². The molecule has 1 saturated heterocycles. The van der Waals surface area contributed by atoms with E-state index in [-0.39, 0.29) is 24.2 Å². The van der Waals surface area contributed by atoms with E-state index in [9.17, 15) is 14.3 Å². The fourth-order valence-corrected chi connectivity index (χ4v) is 2.10. The van der Waals surface area contributed by atoms with Crippen molar-refractivity contribution in [3.8, 4) is 0 Å². The number of rotatable bonds is 4. The molecule has 1 atom stereocenters. The summed E-state index contributed by atoms with van der Waals surface area (Å²) < 4.78 is 17.9. The summed E-state index contributed by atoms with van der Waals surface area (Å²) in [6, 6.07) is 5.61. The molecule has 1 aromatic rings. The lowest BCUT2D eigenvalue weighted by atomic mass is 9.99. The van der Waals surface area contributed by atoms with Crippen LogP contribution in [0.25, 0.3) is 0 Å². The molecule has 0 spiro atoms. The third-order valence-corrected chi connectivity index (χ3v) is 3.32. The number of carbonyl (C=O) groups excluding carboxylic acids is 1. The lowest BCUT2D eigenvalue weighted by Crippen LogP contribution is -2.36. The van der Waals surface area contributed by atoms with Crippen molar-refractivity contribution in [3.63, 3.8) is 0 Å². The fourth-order valence-electron chi connectivity index (χ4n) is 2.10. The molecule has 1 unspecified atom stereocenters. The molecular weight excluding hydrogens is 249 g/mol. The zero-order chi connectivity index (χ0) is 13.7. The van der Waals surface area contributed by atoms with Crippen molar-refractivity contribution in [3.05, 3.63) is 35.6 Å². The predicted octanol–water partition coefficient (Wildman–Crippen LogP) is 1.40. The van der Waals surface area contributed by atoms with Crippen LogP contribution in [-0.4, -0.2) is 30.8 Å². The van der Waals surface area contributed by atoms with Crippen LogP contribution in [0.5, 0.6) is 0 Å². The first-order valence-corrected chi connectivity index (χ1v) is 6.46. The molecule has 104 valence electrons. The predicted molar refractivity (Wildman–Crippen MR) is 67.9 cm³/mol. The van der Waals surface area contributed by atoms with Gasteiger partial charge >= 0.3 is 0 Å². The Kier molecular flexibility index (Phi) is 4.87. The summed E-state index contributed by atoms with van der Waals surface area (Å²) >= 11 is 0. The van der Waals surface area contributed by atoms with Crippen LogP contribution >= 0.6 is 0 Å². The second-order valence-electron chi connectivity index (χ2n) is 4.70. The van der Waals surface area contributed by atoms with Crippen molar-refractivity contribution < 1.29 is 19.0 Å². The zero-order valence-corrected chi connectivity index (χ0v) is 10.6. The van der Waals surface area contributed by atoms with Gasteiger partial charge in [-0.2, -0.15) is 0 Å². The van der Waals surface area contributed by atoms with Crippen LogP contribution in [0.1, 0.15) is 24.5 Å². The first kappa shape index (κ1) is 14.0. The van der Waals surface area contributed by atoms with Gasteiger partial charge in [0.25, 0.3) is 0 Å². The Morgan fingerprint density at radius 3 is 2.63 bits per heavy atom. The smallest absolute Gasteiger partial charge is 0.223 e. The Labute approximate surface area is 111 Å². The van der Waals surface area contributed by atoms with Crippen LogP contribution in [0.2, 0.25) is 0 Å². The van der Waals surface area contributed by atoms with E-state index in [1.165, 1.54) is 24.3 Å². The highest BCUT2D eigenvalue weighted by atomic mass is 19.1. The van der Waals surface area contributed by atoms with E-state index < -0.39 is 6.10 Å². The molecule has 4 nitrogen and oxygen atoms in total. The van der Waals surface area contributed by atoms with Crippen molar-refractivity contribution >= 4 is 5.91 Å². The highest BCUT2D eigenvalue weighted by Gasteiger charge is 2.21.